The fourth-order valence-corrected chi connectivity index (χ4v) is 6.57. The molecule has 2 saturated heterocycles. The number of aliphatic hydroxyl groups is 2. The summed E-state index contributed by atoms with van der Waals surface area (Å²) in [6.45, 7) is 14.1. The highest BCUT2D eigenvalue weighted by molar-refractivity contribution is 5.70. The van der Waals surface area contributed by atoms with Gasteiger partial charge in [-0.15, -0.1) is 0 Å². The van der Waals surface area contributed by atoms with Gasteiger partial charge < -0.3 is 38.8 Å². The third kappa shape index (κ3) is 11.2. The van der Waals surface area contributed by atoms with Crippen LogP contribution in [0.15, 0.2) is 36.0 Å². The van der Waals surface area contributed by atoms with E-state index in [0.717, 1.165) is 24.8 Å². The molecule has 2 fully saturated rings. The molecule has 0 radical (unpaired) electrons. The first-order valence-corrected chi connectivity index (χ1v) is 17.1. The van der Waals surface area contributed by atoms with Gasteiger partial charge in [-0.2, -0.15) is 0 Å². The minimum atomic E-state index is -1.44. The molecule has 47 heavy (non-hydrogen) atoms. The number of allylic oxidation sites excluding steroid dienone is 2. The van der Waals surface area contributed by atoms with Gasteiger partial charge >= 0.3 is 18.0 Å². The molecule has 266 valence electrons. The van der Waals surface area contributed by atoms with E-state index in [0.29, 0.717) is 13.1 Å². The molecule has 0 spiro atoms. The van der Waals surface area contributed by atoms with Gasteiger partial charge in [-0.25, -0.2) is 4.79 Å². The summed E-state index contributed by atoms with van der Waals surface area (Å²) in [5, 5.41) is 21.5. The van der Waals surface area contributed by atoms with Gasteiger partial charge in [0.25, 0.3) is 0 Å². The van der Waals surface area contributed by atoms with Crippen LogP contribution in [-0.2, 0) is 33.3 Å². The largest absolute Gasteiger partial charge is 0.457 e. The van der Waals surface area contributed by atoms with Crippen molar-refractivity contribution in [2.24, 2.45) is 17.8 Å². The van der Waals surface area contributed by atoms with Crippen molar-refractivity contribution in [3.05, 3.63) is 36.0 Å². The molecule has 11 nitrogen and oxygen atoms in total. The number of carbonyl (C=O) groups is 3. The molecule has 1 amide bonds. The van der Waals surface area contributed by atoms with Crippen LogP contribution < -0.4 is 0 Å². The second-order valence-corrected chi connectivity index (χ2v) is 13.7. The molecule has 3 aliphatic heterocycles. The number of carbonyl (C=O) groups excluding carboxylic acids is 3. The Morgan fingerprint density at radius 1 is 1.17 bits per heavy atom. The van der Waals surface area contributed by atoms with Gasteiger partial charge in [-0.3, -0.25) is 9.59 Å². The van der Waals surface area contributed by atoms with Crippen molar-refractivity contribution in [3.63, 3.8) is 0 Å². The Morgan fingerprint density at radius 3 is 2.47 bits per heavy atom. The summed E-state index contributed by atoms with van der Waals surface area (Å²) in [4.78, 5) is 39.4. The van der Waals surface area contributed by atoms with Crippen molar-refractivity contribution in [1.82, 2.24) is 4.90 Å². The Morgan fingerprint density at radius 2 is 1.85 bits per heavy atom. The summed E-state index contributed by atoms with van der Waals surface area (Å²) in [6, 6.07) is 0. The van der Waals surface area contributed by atoms with E-state index in [9.17, 15) is 24.6 Å². The van der Waals surface area contributed by atoms with Gasteiger partial charge in [0, 0.05) is 44.9 Å². The monoisotopic (exact) mass is 663 g/mol. The summed E-state index contributed by atoms with van der Waals surface area (Å²) >= 11 is 0. The SMILES string of the molecule is CCC(OC)C(C)C1OC1C(OC(=O)N1CCCC1)C(C)/C=C/C=C(\C)C1OC(=O)CC(O)CCC(C)(O)C(OC(C)=O)/C=C/C1C. The maximum Gasteiger partial charge on any atom is 0.410 e. The molecule has 3 heterocycles. The molecule has 3 rings (SSSR count). The quantitative estimate of drug-likeness (QED) is 0.103. The highest BCUT2D eigenvalue weighted by Gasteiger charge is 2.53. The maximum atomic E-state index is 13.0. The third-order valence-electron chi connectivity index (χ3n) is 9.65. The van der Waals surface area contributed by atoms with E-state index >= 15 is 0 Å². The number of rotatable bonds is 11. The average Bonchev–Trinajstić information content (AvgIpc) is 3.60. The number of epoxide rings is 1. The first-order chi connectivity index (χ1) is 22.2. The number of hydrogen-bond acceptors (Lipinski definition) is 10. The molecule has 11 atom stereocenters. The van der Waals surface area contributed by atoms with Crippen LogP contribution in [0.3, 0.4) is 0 Å². The summed E-state index contributed by atoms with van der Waals surface area (Å²) in [5.74, 6) is -1.49. The van der Waals surface area contributed by atoms with Crippen LogP contribution in [0.1, 0.15) is 87.0 Å². The number of cyclic esters (lactones) is 1. The van der Waals surface area contributed by atoms with Gasteiger partial charge in [0.2, 0.25) is 0 Å². The standard InChI is InChI=1S/C36H57NO10/c1-9-28(43-8)25(5)33-34(46-33)32(47-35(41)37-19-10-11-20-37)23(3)14-12-13-22(2)31-24(4)15-16-29(44-26(6)38)36(7,42)18-17-27(39)21-30(40)45-31/h12-16,23-25,27-29,31-34,39,42H,9-11,17-21H2,1-8H3/b14-12+,16-15+,22-13+. The normalized spacial score (nSPS) is 34.0. The first kappa shape index (κ1) is 38.7. The summed E-state index contributed by atoms with van der Waals surface area (Å²) in [7, 11) is 1.70. The van der Waals surface area contributed by atoms with E-state index in [1.165, 1.54) is 6.92 Å². The van der Waals surface area contributed by atoms with Crippen molar-refractivity contribution in [3.8, 4) is 0 Å². The number of methoxy groups -OCH3 is 1. The van der Waals surface area contributed by atoms with Crippen LogP contribution in [0, 0.1) is 17.8 Å². The van der Waals surface area contributed by atoms with Crippen molar-refractivity contribution in [2.75, 3.05) is 20.2 Å². The zero-order valence-electron chi connectivity index (χ0n) is 29.4. The Balaban J connectivity index is 1.81. The molecular weight excluding hydrogens is 606 g/mol. The molecule has 11 unspecified atom stereocenters. The minimum Gasteiger partial charge on any atom is -0.457 e. The lowest BCUT2D eigenvalue weighted by molar-refractivity contribution is -0.157. The van der Waals surface area contributed by atoms with Gasteiger partial charge in [-0.05, 0) is 57.6 Å². The molecule has 11 heteroatoms. The molecule has 0 aromatic heterocycles. The molecule has 0 bridgehead atoms. The van der Waals surface area contributed by atoms with Crippen LogP contribution in [0.2, 0.25) is 0 Å². The van der Waals surface area contributed by atoms with Crippen molar-refractivity contribution in [2.45, 2.75) is 135 Å². The van der Waals surface area contributed by atoms with Crippen LogP contribution in [0.4, 0.5) is 4.79 Å². The highest BCUT2D eigenvalue weighted by Crippen LogP contribution is 2.39. The smallest absolute Gasteiger partial charge is 0.410 e. The summed E-state index contributed by atoms with van der Waals surface area (Å²) in [5.41, 5.74) is -0.699. The Kier molecular flexibility index (Phi) is 14.5. The van der Waals surface area contributed by atoms with Crippen LogP contribution >= 0.6 is 0 Å². The van der Waals surface area contributed by atoms with Crippen molar-refractivity contribution in [1.29, 1.82) is 0 Å². The number of ether oxygens (including phenoxy) is 5. The van der Waals surface area contributed by atoms with Crippen molar-refractivity contribution >= 4 is 18.0 Å². The van der Waals surface area contributed by atoms with Gasteiger partial charge in [0.1, 0.15) is 30.0 Å². The molecular formula is C36H57NO10. The number of amides is 1. The number of aliphatic hydroxyl groups excluding tert-OH is 1. The number of likely N-dealkylation sites (tertiary alicyclic amines) is 1. The Labute approximate surface area is 280 Å². The molecule has 0 saturated carbocycles. The minimum absolute atomic E-state index is 0.0394. The topological polar surface area (TPSA) is 144 Å². The number of hydrogen-bond donors (Lipinski definition) is 2. The molecule has 0 aliphatic carbocycles. The second-order valence-electron chi connectivity index (χ2n) is 13.7. The van der Waals surface area contributed by atoms with Crippen LogP contribution in [0.5, 0.6) is 0 Å². The summed E-state index contributed by atoms with van der Waals surface area (Å²) in [6.07, 6.45) is 8.09. The van der Waals surface area contributed by atoms with Gasteiger partial charge in [0.15, 0.2) is 0 Å². The molecule has 0 aromatic carbocycles. The van der Waals surface area contributed by atoms with E-state index in [2.05, 4.69) is 13.8 Å². The lowest BCUT2D eigenvalue weighted by Crippen LogP contribution is -2.42. The third-order valence-corrected chi connectivity index (χ3v) is 9.65. The van der Waals surface area contributed by atoms with E-state index in [4.69, 9.17) is 23.7 Å². The Bertz CT molecular complexity index is 1140. The number of esters is 2. The fourth-order valence-electron chi connectivity index (χ4n) is 6.57. The van der Waals surface area contributed by atoms with E-state index < -0.39 is 42.0 Å². The zero-order chi connectivity index (χ0) is 34.9. The zero-order valence-corrected chi connectivity index (χ0v) is 29.4. The number of nitrogens with zero attached hydrogens (tertiary/aromatic N) is 1. The maximum absolute atomic E-state index is 13.0. The van der Waals surface area contributed by atoms with E-state index in [-0.39, 0.29) is 61.4 Å². The second kappa shape index (κ2) is 17.6. The first-order valence-electron chi connectivity index (χ1n) is 17.1. The van der Waals surface area contributed by atoms with Crippen LogP contribution in [-0.4, -0.2) is 102 Å². The fraction of sp³-hybridized carbons (Fsp3) is 0.750. The Hall–Kier alpha value is -2.73. The summed E-state index contributed by atoms with van der Waals surface area (Å²) < 4.78 is 29.1. The predicted molar refractivity (Wildman–Crippen MR) is 176 cm³/mol. The van der Waals surface area contributed by atoms with Gasteiger partial charge in [0.05, 0.1) is 24.7 Å². The molecule has 0 aromatic rings. The molecule has 2 N–H and O–H groups in total. The highest BCUT2D eigenvalue weighted by atomic mass is 16.6. The van der Waals surface area contributed by atoms with Crippen molar-refractivity contribution < 1.29 is 48.3 Å². The van der Waals surface area contributed by atoms with E-state index in [1.807, 2.05) is 39.0 Å². The van der Waals surface area contributed by atoms with Gasteiger partial charge in [-0.1, -0.05) is 52.0 Å². The lowest BCUT2D eigenvalue weighted by atomic mass is 9.88. The van der Waals surface area contributed by atoms with E-state index in [1.54, 1.807) is 31.1 Å². The predicted octanol–water partition coefficient (Wildman–Crippen LogP) is 4.89. The molecule has 3 aliphatic rings. The lowest BCUT2D eigenvalue weighted by Gasteiger charge is -2.32. The average molecular weight is 664 g/mol. The van der Waals surface area contributed by atoms with Crippen LogP contribution in [0.25, 0.3) is 0 Å².